The number of carbonyl (C=O) groups is 1. The van der Waals surface area contributed by atoms with Crippen molar-refractivity contribution in [3.8, 4) is 0 Å². The lowest BCUT2D eigenvalue weighted by molar-refractivity contribution is -0.135. The van der Waals surface area contributed by atoms with E-state index < -0.39 is 17.2 Å². The quantitative estimate of drug-likeness (QED) is 0.766. The number of amides is 1. The molecule has 0 aromatic heterocycles. The van der Waals surface area contributed by atoms with Crippen LogP contribution in [0.5, 0.6) is 0 Å². The van der Waals surface area contributed by atoms with Gasteiger partial charge in [-0.25, -0.2) is 13.8 Å². The number of nitrogens with zero attached hydrogens (tertiary/aromatic N) is 3. The zero-order valence-electron chi connectivity index (χ0n) is 17.6. The minimum atomic E-state index is -0.764. The van der Waals surface area contributed by atoms with Crippen molar-refractivity contribution in [3.05, 3.63) is 71.3 Å². The van der Waals surface area contributed by atoms with Gasteiger partial charge < -0.3 is 10.0 Å². The molecule has 0 spiro atoms. The van der Waals surface area contributed by atoms with E-state index in [0.29, 0.717) is 25.1 Å². The Kier molecular flexibility index (Phi) is 6.16. The first kappa shape index (κ1) is 21.6. The van der Waals surface area contributed by atoms with Gasteiger partial charge >= 0.3 is 0 Å². The summed E-state index contributed by atoms with van der Waals surface area (Å²) in [5.41, 5.74) is 0.612. The fourth-order valence-corrected chi connectivity index (χ4v) is 4.76. The molecule has 2 heterocycles. The van der Waals surface area contributed by atoms with Crippen LogP contribution in [0.1, 0.15) is 43.7 Å². The smallest absolute Gasteiger partial charge is 0.240 e. The Morgan fingerprint density at radius 2 is 2.00 bits per heavy atom. The number of likely N-dealkylation sites (tertiary alicyclic amines) is 1. The Labute approximate surface area is 181 Å². The summed E-state index contributed by atoms with van der Waals surface area (Å²) in [4.78, 5) is 14.8. The van der Waals surface area contributed by atoms with E-state index >= 15 is 0 Å². The van der Waals surface area contributed by atoms with Gasteiger partial charge in [0, 0.05) is 32.0 Å². The molecule has 5 nitrogen and oxygen atoms in total. The number of rotatable bonds is 6. The maximum Gasteiger partial charge on any atom is 0.240 e. The monoisotopic (exact) mass is 427 g/mol. The fourth-order valence-electron chi connectivity index (χ4n) is 4.76. The average molecular weight is 427 g/mol. The summed E-state index contributed by atoms with van der Waals surface area (Å²) in [6.45, 7) is 3.75. The summed E-state index contributed by atoms with van der Waals surface area (Å²) < 4.78 is 28.4. The lowest BCUT2D eigenvalue weighted by Gasteiger charge is -2.37. The molecule has 2 aliphatic heterocycles. The van der Waals surface area contributed by atoms with Crippen molar-refractivity contribution in [2.24, 2.45) is 5.10 Å². The van der Waals surface area contributed by atoms with Crippen molar-refractivity contribution in [3.63, 3.8) is 0 Å². The fraction of sp³-hybridized carbons (Fsp3) is 0.417. The normalized spacial score (nSPS) is 23.9. The molecule has 31 heavy (non-hydrogen) atoms. The summed E-state index contributed by atoms with van der Waals surface area (Å²) in [7, 11) is 0. The second-order valence-electron chi connectivity index (χ2n) is 8.42. The molecule has 7 heteroatoms. The molecule has 0 unspecified atom stereocenters. The molecule has 2 aromatic rings. The number of aliphatic hydroxyl groups excluding tert-OH is 1. The number of carbonyl (C=O) groups excluding carboxylic acids is 1. The molecule has 1 N–H and O–H groups in total. The number of halogens is 2. The Bertz CT molecular complexity index is 982. The highest BCUT2D eigenvalue weighted by Crippen LogP contribution is 2.43. The van der Waals surface area contributed by atoms with Crippen LogP contribution >= 0.6 is 0 Å². The van der Waals surface area contributed by atoms with Gasteiger partial charge in [0.1, 0.15) is 11.6 Å². The number of aliphatic hydroxyl groups is 1. The Hall–Kier alpha value is -2.64. The van der Waals surface area contributed by atoms with Crippen molar-refractivity contribution in [1.29, 1.82) is 0 Å². The van der Waals surface area contributed by atoms with Crippen LogP contribution in [-0.2, 0) is 10.3 Å². The van der Waals surface area contributed by atoms with Crippen molar-refractivity contribution >= 4 is 11.6 Å². The maximum atomic E-state index is 14.5. The molecule has 2 atom stereocenters. The minimum absolute atomic E-state index is 0.0896. The minimum Gasteiger partial charge on any atom is -0.392 e. The molecule has 4 rings (SSSR count). The average Bonchev–Trinajstić information content (AvgIpc) is 3.35. The summed E-state index contributed by atoms with van der Waals surface area (Å²) in [6.07, 6.45) is 2.19. The Balaban J connectivity index is 1.66. The van der Waals surface area contributed by atoms with Crippen molar-refractivity contribution in [1.82, 2.24) is 9.91 Å². The van der Waals surface area contributed by atoms with Crippen LogP contribution < -0.4 is 0 Å². The van der Waals surface area contributed by atoms with E-state index in [9.17, 15) is 18.7 Å². The van der Waals surface area contributed by atoms with E-state index in [-0.39, 0.29) is 17.6 Å². The number of hydrogen-bond donors (Lipinski definition) is 1. The van der Waals surface area contributed by atoms with Gasteiger partial charge in [-0.05, 0) is 49.6 Å². The number of benzene rings is 2. The molecular weight excluding hydrogens is 400 g/mol. The standard InChI is InChI=1S/C24H27F2N3O2/c1-17(30)29-24(18-6-3-2-4-7-18,11-5-12-28-13-10-20(31)16-28)15-23(27-29)21-14-19(25)8-9-22(21)26/h2-4,6-9,14,20,31H,5,10-13,15-16H2,1H3/t20-,24-/m0/s1. The van der Waals surface area contributed by atoms with Crippen LogP contribution in [0.15, 0.2) is 53.6 Å². The molecule has 0 bridgehead atoms. The molecule has 0 aliphatic carbocycles. The van der Waals surface area contributed by atoms with E-state index in [1.807, 2.05) is 30.3 Å². The van der Waals surface area contributed by atoms with E-state index in [2.05, 4.69) is 10.0 Å². The van der Waals surface area contributed by atoms with E-state index in [4.69, 9.17) is 0 Å². The van der Waals surface area contributed by atoms with Crippen LogP contribution in [0.25, 0.3) is 0 Å². The second-order valence-corrected chi connectivity index (χ2v) is 8.42. The van der Waals surface area contributed by atoms with Gasteiger partial charge in [0.05, 0.1) is 17.4 Å². The summed E-state index contributed by atoms with van der Waals surface area (Å²) in [6, 6.07) is 12.9. The highest BCUT2D eigenvalue weighted by atomic mass is 19.1. The van der Waals surface area contributed by atoms with Gasteiger partial charge in [-0.2, -0.15) is 5.10 Å². The van der Waals surface area contributed by atoms with Gasteiger partial charge in [-0.1, -0.05) is 30.3 Å². The lowest BCUT2D eigenvalue weighted by Crippen LogP contribution is -2.43. The van der Waals surface area contributed by atoms with Crippen LogP contribution in [0, 0.1) is 11.6 Å². The molecule has 0 saturated carbocycles. The summed E-state index contributed by atoms with van der Waals surface area (Å²) in [5.74, 6) is -1.34. The third kappa shape index (κ3) is 4.38. The van der Waals surface area contributed by atoms with Gasteiger partial charge in [-0.3, -0.25) is 4.79 Å². The number of hydrazone groups is 1. The zero-order chi connectivity index (χ0) is 22.0. The van der Waals surface area contributed by atoms with E-state index in [0.717, 1.165) is 49.7 Å². The van der Waals surface area contributed by atoms with Crippen molar-refractivity contribution < 1.29 is 18.7 Å². The van der Waals surface area contributed by atoms with Gasteiger partial charge in [0.15, 0.2) is 0 Å². The molecule has 2 aliphatic rings. The zero-order valence-corrected chi connectivity index (χ0v) is 17.6. The van der Waals surface area contributed by atoms with Gasteiger partial charge in [0.25, 0.3) is 0 Å². The predicted octanol–water partition coefficient (Wildman–Crippen LogP) is 3.66. The molecule has 1 saturated heterocycles. The van der Waals surface area contributed by atoms with Crippen LogP contribution in [0.3, 0.4) is 0 Å². The molecule has 164 valence electrons. The lowest BCUT2D eigenvalue weighted by atomic mass is 9.80. The van der Waals surface area contributed by atoms with Gasteiger partial charge in [0.2, 0.25) is 5.91 Å². The molecular formula is C24H27F2N3O2. The van der Waals surface area contributed by atoms with Crippen LogP contribution in [0.2, 0.25) is 0 Å². The Morgan fingerprint density at radius 1 is 1.23 bits per heavy atom. The topological polar surface area (TPSA) is 56.1 Å². The maximum absolute atomic E-state index is 14.5. The first-order valence-electron chi connectivity index (χ1n) is 10.7. The Morgan fingerprint density at radius 3 is 2.68 bits per heavy atom. The molecule has 1 fully saturated rings. The highest BCUT2D eigenvalue weighted by Gasteiger charge is 2.46. The third-order valence-corrected chi connectivity index (χ3v) is 6.25. The van der Waals surface area contributed by atoms with Gasteiger partial charge in [-0.15, -0.1) is 0 Å². The summed E-state index contributed by atoms with van der Waals surface area (Å²) >= 11 is 0. The van der Waals surface area contributed by atoms with Crippen LogP contribution in [0.4, 0.5) is 8.78 Å². The van der Waals surface area contributed by atoms with Crippen molar-refractivity contribution in [2.45, 2.75) is 44.2 Å². The molecule has 1 amide bonds. The first-order chi connectivity index (χ1) is 14.9. The van der Waals surface area contributed by atoms with Crippen molar-refractivity contribution in [2.75, 3.05) is 19.6 Å². The third-order valence-electron chi connectivity index (χ3n) is 6.25. The first-order valence-corrected chi connectivity index (χ1v) is 10.7. The number of hydrogen-bond acceptors (Lipinski definition) is 4. The van der Waals surface area contributed by atoms with E-state index in [1.54, 1.807) is 0 Å². The second kappa shape index (κ2) is 8.85. The van der Waals surface area contributed by atoms with E-state index in [1.165, 1.54) is 11.9 Å². The predicted molar refractivity (Wildman–Crippen MR) is 114 cm³/mol. The summed E-state index contributed by atoms with van der Waals surface area (Å²) in [5, 5.41) is 15.7. The molecule has 2 aromatic carbocycles. The largest absolute Gasteiger partial charge is 0.392 e. The highest BCUT2D eigenvalue weighted by molar-refractivity contribution is 6.03. The number of β-amino-alcohol motifs (C(OH)–C–C–N with tert-alkyl or cyclic N) is 1. The SMILES string of the molecule is CC(=O)N1N=C(c2cc(F)ccc2F)C[C@@]1(CCCN1CC[C@H](O)C1)c1ccccc1. The molecule has 0 radical (unpaired) electrons. The van der Waals surface area contributed by atoms with Crippen LogP contribution in [-0.4, -0.2) is 52.4 Å².